The van der Waals surface area contributed by atoms with E-state index in [1.807, 2.05) is 13.8 Å². The third-order valence-electron chi connectivity index (χ3n) is 1.97. The number of carbonyl (C=O) groups excluding carboxylic acids is 1. The van der Waals surface area contributed by atoms with Crippen molar-refractivity contribution in [2.75, 3.05) is 13.2 Å². The van der Waals surface area contributed by atoms with Crippen LogP contribution >= 0.6 is 0 Å². The summed E-state index contributed by atoms with van der Waals surface area (Å²) in [5, 5.41) is 20.3. The molecule has 0 aliphatic heterocycles. The Labute approximate surface area is 145 Å². The molecule has 2 atom stereocenters. The maximum Gasteiger partial charge on any atom is 0.407 e. The predicted octanol–water partition coefficient (Wildman–Crippen LogP) is 3.62. The monoisotopic (exact) mass is 353 g/mol. The van der Waals surface area contributed by atoms with Crippen molar-refractivity contribution in [2.24, 2.45) is 11.8 Å². The van der Waals surface area contributed by atoms with E-state index in [1.54, 1.807) is 20.8 Å². The zero-order valence-electron chi connectivity index (χ0n) is 16.4. The summed E-state index contributed by atoms with van der Waals surface area (Å²) < 4.78 is 17.2. The molecule has 0 saturated heterocycles. The molecule has 0 radical (unpaired) electrons. The summed E-state index contributed by atoms with van der Waals surface area (Å²) in [5.74, 6) is -1.74. The molecule has 0 rings (SSSR count). The van der Waals surface area contributed by atoms with Gasteiger partial charge >= 0.3 is 12.1 Å². The number of halogens is 1. The number of ether oxygens (including phenoxy) is 1. The molecule has 7 heteroatoms. The minimum atomic E-state index is -1.31. The largest absolute Gasteiger partial charge is 0.481 e. The van der Waals surface area contributed by atoms with Crippen molar-refractivity contribution in [3.8, 4) is 0 Å². The molecular formula is C17H36FNO5. The standard InChI is InChI=1S/C11H20FNO5.C4H10.C2H6/c1-11(2,3)18-10(17)13-6-8(14)4-7(5-12)9(15)16;1-4(2)3;1-2/h7-8,14H,4-6H2,1-3H3,(H,13,17)(H,15,16);4H,1-3H3;1-2H3. The number of carboxylic acid groups (broad SMARTS) is 1. The SMILES string of the molecule is CC.CC(C)(C)OC(=O)NCC(O)CC(CF)C(=O)O.CC(C)C. The smallest absolute Gasteiger partial charge is 0.407 e. The van der Waals surface area contributed by atoms with E-state index in [0.29, 0.717) is 0 Å². The molecule has 0 aromatic rings. The number of carboxylic acids is 1. The van der Waals surface area contributed by atoms with Gasteiger partial charge in [-0.1, -0.05) is 34.6 Å². The molecule has 0 bridgehead atoms. The molecule has 1 amide bonds. The molecule has 3 N–H and O–H groups in total. The van der Waals surface area contributed by atoms with E-state index in [4.69, 9.17) is 9.84 Å². The highest BCUT2D eigenvalue weighted by Gasteiger charge is 2.22. The summed E-state index contributed by atoms with van der Waals surface area (Å²) in [6, 6.07) is 0. The number of nitrogens with one attached hydrogen (secondary N) is 1. The van der Waals surface area contributed by atoms with Crippen molar-refractivity contribution in [3.63, 3.8) is 0 Å². The van der Waals surface area contributed by atoms with Gasteiger partial charge in [-0.05, 0) is 33.1 Å². The van der Waals surface area contributed by atoms with Crippen LogP contribution in [0.15, 0.2) is 0 Å². The van der Waals surface area contributed by atoms with Crippen LogP contribution in [-0.2, 0) is 9.53 Å². The summed E-state index contributed by atoms with van der Waals surface area (Å²) in [6.45, 7) is 14.3. The first-order chi connectivity index (χ1) is 10.9. The predicted molar refractivity (Wildman–Crippen MR) is 93.8 cm³/mol. The third-order valence-corrected chi connectivity index (χ3v) is 1.97. The van der Waals surface area contributed by atoms with Crippen LogP contribution in [0.1, 0.15) is 61.8 Å². The lowest BCUT2D eigenvalue weighted by Crippen LogP contribution is -2.38. The highest BCUT2D eigenvalue weighted by atomic mass is 19.1. The van der Waals surface area contributed by atoms with Crippen LogP contribution in [0, 0.1) is 11.8 Å². The lowest BCUT2D eigenvalue weighted by molar-refractivity contribution is -0.143. The number of amides is 1. The highest BCUT2D eigenvalue weighted by molar-refractivity contribution is 5.70. The average Bonchev–Trinajstić information content (AvgIpc) is 2.42. The summed E-state index contributed by atoms with van der Waals surface area (Å²) in [4.78, 5) is 21.7. The van der Waals surface area contributed by atoms with E-state index in [0.717, 1.165) is 5.92 Å². The van der Waals surface area contributed by atoms with Gasteiger partial charge in [0.2, 0.25) is 0 Å². The molecule has 0 aromatic heterocycles. The maximum absolute atomic E-state index is 12.3. The molecule has 6 nitrogen and oxygen atoms in total. The molecule has 2 unspecified atom stereocenters. The number of hydrogen-bond donors (Lipinski definition) is 3. The molecule has 0 heterocycles. The second kappa shape index (κ2) is 15.2. The van der Waals surface area contributed by atoms with Gasteiger partial charge in [-0.15, -0.1) is 0 Å². The normalized spacial score (nSPS) is 12.8. The van der Waals surface area contributed by atoms with Crippen molar-refractivity contribution < 1.29 is 28.9 Å². The zero-order chi connectivity index (χ0) is 19.9. The Bertz CT molecular complexity index is 327. The van der Waals surface area contributed by atoms with E-state index in [1.165, 1.54) is 0 Å². The molecule has 0 spiro atoms. The summed E-state index contributed by atoms with van der Waals surface area (Å²) in [6.07, 6.45) is -2.11. The van der Waals surface area contributed by atoms with Crippen LogP contribution in [0.2, 0.25) is 0 Å². The Kier molecular flexibility index (Phi) is 17.4. The number of rotatable bonds is 6. The van der Waals surface area contributed by atoms with Gasteiger partial charge in [-0.2, -0.15) is 0 Å². The van der Waals surface area contributed by atoms with Gasteiger partial charge < -0.3 is 20.3 Å². The molecule has 0 fully saturated rings. The Morgan fingerprint density at radius 3 is 1.88 bits per heavy atom. The van der Waals surface area contributed by atoms with Crippen LogP contribution in [0.25, 0.3) is 0 Å². The highest BCUT2D eigenvalue weighted by Crippen LogP contribution is 2.09. The summed E-state index contributed by atoms with van der Waals surface area (Å²) >= 11 is 0. The van der Waals surface area contributed by atoms with Crippen LogP contribution in [-0.4, -0.2) is 47.2 Å². The molecule has 0 aliphatic carbocycles. The summed E-state index contributed by atoms with van der Waals surface area (Å²) in [5.41, 5.74) is -0.655. The van der Waals surface area contributed by atoms with Gasteiger partial charge in [0, 0.05) is 6.54 Å². The van der Waals surface area contributed by atoms with Gasteiger partial charge in [0.25, 0.3) is 0 Å². The van der Waals surface area contributed by atoms with Gasteiger partial charge in [-0.3, -0.25) is 9.18 Å². The molecular weight excluding hydrogens is 317 g/mol. The van der Waals surface area contributed by atoms with Crippen molar-refractivity contribution in [3.05, 3.63) is 0 Å². The quantitative estimate of drug-likeness (QED) is 0.678. The van der Waals surface area contributed by atoms with Crippen LogP contribution in [0.4, 0.5) is 9.18 Å². The minimum absolute atomic E-state index is 0.182. The van der Waals surface area contributed by atoms with Gasteiger partial charge in [-0.25, -0.2) is 4.79 Å². The fourth-order valence-corrected chi connectivity index (χ4v) is 1.16. The molecule has 0 aliphatic rings. The second-order valence-corrected chi connectivity index (χ2v) is 6.69. The van der Waals surface area contributed by atoms with Crippen LogP contribution in [0.3, 0.4) is 0 Å². The number of aliphatic hydroxyl groups is 1. The fourth-order valence-electron chi connectivity index (χ4n) is 1.16. The average molecular weight is 353 g/mol. The summed E-state index contributed by atoms with van der Waals surface area (Å²) in [7, 11) is 0. The minimum Gasteiger partial charge on any atom is -0.481 e. The Morgan fingerprint density at radius 2 is 1.58 bits per heavy atom. The van der Waals surface area contributed by atoms with E-state index in [-0.39, 0.29) is 13.0 Å². The van der Waals surface area contributed by atoms with Crippen molar-refractivity contribution in [2.45, 2.75) is 73.5 Å². The van der Waals surface area contributed by atoms with E-state index >= 15 is 0 Å². The molecule has 0 saturated carbocycles. The molecule has 24 heavy (non-hydrogen) atoms. The Morgan fingerprint density at radius 1 is 1.17 bits per heavy atom. The number of alkyl carbamates (subject to hydrolysis) is 1. The lowest BCUT2D eigenvalue weighted by atomic mass is 10.0. The fraction of sp³-hybridized carbons (Fsp3) is 0.882. The first-order valence-corrected chi connectivity index (χ1v) is 8.32. The van der Waals surface area contributed by atoms with E-state index in [9.17, 15) is 19.1 Å². The van der Waals surface area contributed by atoms with Gasteiger partial charge in [0.15, 0.2) is 0 Å². The van der Waals surface area contributed by atoms with Crippen molar-refractivity contribution >= 4 is 12.1 Å². The molecule has 146 valence electrons. The first-order valence-electron chi connectivity index (χ1n) is 8.32. The molecule has 0 aromatic carbocycles. The van der Waals surface area contributed by atoms with E-state index < -0.39 is 36.4 Å². The number of aliphatic carboxylic acids is 1. The number of hydrogen-bond acceptors (Lipinski definition) is 4. The van der Waals surface area contributed by atoms with Gasteiger partial charge in [0.1, 0.15) is 12.3 Å². The van der Waals surface area contributed by atoms with E-state index in [2.05, 4.69) is 26.1 Å². The lowest BCUT2D eigenvalue weighted by Gasteiger charge is -2.21. The Hall–Kier alpha value is -1.37. The van der Waals surface area contributed by atoms with Crippen molar-refractivity contribution in [1.82, 2.24) is 5.32 Å². The topological polar surface area (TPSA) is 95.9 Å². The maximum atomic E-state index is 12.3. The van der Waals surface area contributed by atoms with Crippen molar-refractivity contribution in [1.29, 1.82) is 0 Å². The number of aliphatic hydroxyl groups excluding tert-OH is 1. The van der Waals surface area contributed by atoms with Gasteiger partial charge in [0.05, 0.1) is 12.0 Å². The number of alkyl halides is 1. The first kappa shape index (κ1) is 27.5. The second-order valence-electron chi connectivity index (χ2n) is 6.69. The number of carbonyl (C=O) groups is 2. The zero-order valence-corrected chi connectivity index (χ0v) is 16.4. The van der Waals surface area contributed by atoms with Crippen LogP contribution < -0.4 is 5.32 Å². The van der Waals surface area contributed by atoms with Crippen LogP contribution in [0.5, 0.6) is 0 Å². The Balaban J connectivity index is -0.000000636. The third kappa shape index (κ3) is 22.9.